The summed E-state index contributed by atoms with van der Waals surface area (Å²) < 4.78 is 32.2. The van der Waals surface area contributed by atoms with Gasteiger partial charge >= 0.3 is 5.97 Å². The molecule has 1 aliphatic heterocycles. The second kappa shape index (κ2) is 9.15. The van der Waals surface area contributed by atoms with Gasteiger partial charge in [-0.15, -0.1) is 0 Å². The molecule has 1 fully saturated rings. The fourth-order valence-electron chi connectivity index (χ4n) is 3.34. The fourth-order valence-corrected chi connectivity index (χ4v) is 3.34. The first-order valence-corrected chi connectivity index (χ1v) is 10.0. The zero-order valence-corrected chi connectivity index (χ0v) is 17.6. The van der Waals surface area contributed by atoms with Gasteiger partial charge in [0.1, 0.15) is 11.6 Å². The number of hydrogen-bond donors (Lipinski definition) is 2. The first-order valence-electron chi connectivity index (χ1n) is 10.0. The standard InChI is InChI=1S/C22H20F2N6O3/c1-12-2-7-16(9-17(12)24)30-10-13(8-19(30)31)20(32)33-11-18-27-21(25)29-22(28-18)26-15-5-3-14(23)4-6-15/h2-7,9,13H,8,10-11H2,1H3,(H3,25,26,27,28,29)/t13-/m0/s1. The predicted molar refractivity (Wildman–Crippen MR) is 115 cm³/mol. The van der Waals surface area contributed by atoms with Crippen LogP contribution >= 0.6 is 0 Å². The molecular weight excluding hydrogens is 434 g/mol. The molecule has 11 heteroatoms. The van der Waals surface area contributed by atoms with Gasteiger partial charge in [0.25, 0.3) is 0 Å². The molecule has 170 valence electrons. The zero-order valence-electron chi connectivity index (χ0n) is 17.6. The molecule has 1 amide bonds. The third kappa shape index (κ3) is 5.20. The second-order valence-corrected chi connectivity index (χ2v) is 7.51. The van der Waals surface area contributed by atoms with E-state index in [1.165, 1.54) is 35.2 Å². The van der Waals surface area contributed by atoms with Crippen molar-refractivity contribution in [2.24, 2.45) is 5.92 Å². The molecule has 3 aromatic rings. The van der Waals surface area contributed by atoms with Crippen molar-refractivity contribution in [2.45, 2.75) is 20.0 Å². The van der Waals surface area contributed by atoms with Gasteiger partial charge < -0.3 is 20.7 Å². The van der Waals surface area contributed by atoms with Crippen LogP contribution in [0.25, 0.3) is 0 Å². The minimum atomic E-state index is -0.710. The minimum absolute atomic E-state index is 0.0506. The van der Waals surface area contributed by atoms with Gasteiger partial charge in [0.2, 0.25) is 17.8 Å². The van der Waals surface area contributed by atoms with Crippen LogP contribution in [0.15, 0.2) is 42.5 Å². The van der Waals surface area contributed by atoms with E-state index in [2.05, 4.69) is 20.3 Å². The SMILES string of the molecule is Cc1ccc(N2C[C@@H](C(=O)OCc3nc(N)nc(Nc4ccc(F)cc4)n3)CC2=O)cc1F. The molecule has 4 rings (SSSR count). The molecule has 0 radical (unpaired) electrons. The van der Waals surface area contributed by atoms with Crippen molar-refractivity contribution in [3.05, 3.63) is 65.5 Å². The molecule has 3 N–H and O–H groups in total. The molecule has 33 heavy (non-hydrogen) atoms. The van der Waals surface area contributed by atoms with Crippen LogP contribution in [-0.2, 0) is 20.9 Å². The van der Waals surface area contributed by atoms with Crippen LogP contribution in [0, 0.1) is 24.5 Å². The number of hydrogen-bond acceptors (Lipinski definition) is 8. The number of esters is 1. The third-order valence-corrected chi connectivity index (χ3v) is 5.07. The first kappa shape index (κ1) is 22.1. The Labute approximate surface area is 187 Å². The summed E-state index contributed by atoms with van der Waals surface area (Å²) in [4.78, 5) is 38.3. The third-order valence-electron chi connectivity index (χ3n) is 5.07. The molecular formula is C22H20F2N6O3. The average Bonchev–Trinajstić information content (AvgIpc) is 3.17. The summed E-state index contributed by atoms with van der Waals surface area (Å²) in [6.45, 7) is 1.42. The number of nitrogens with zero attached hydrogens (tertiary/aromatic N) is 4. The van der Waals surface area contributed by atoms with Crippen LogP contribution in [0.2, 0.25) is 0 Å². The van der Waals surface area contributed by atoms with Gasteiger partial charge in [-0.25, -0.2) is 8.78 Å². The summed E-state index contributed by atoms with van der Waals surface area (Å²) in [6.07, 6.45) is -0.0506. The van der Waals surface area contributed by atoms with Crippen molar-refractivity contribution in [2.75, 3.05) is 22.5 Å². The Morgan fingerprint density at radius 2 is 1.94 bits per heavy atom. The normalized spacial score (nSPS) is 15.5. The Morgan fingerprint density at radius 3 is 2.67 bits per heavy atom. The van der Waals surface area contributed by atoms with E-state index in [0.29, 0.717) is 16.9 Å². The number of aryl methyl sites for hydroxylation is 1. The zero-order chi connectivity index (χ0) is 23.5. The van der Waals surface area contributed by atoms with Crippen molar-refractivity contribution >= 4 is 35.1 Å². The van der Waals surface area contributed by atoms with E-state index in [9.17, 15) is 18.4 Å². The number of nitrogen functional groups attached to an aromatic ring is 1. The Balaban J connectivity index is 1.38. The highest BCUT2D eigenvalue weighted by molar-refractivity contribution is 5.99. The van der Waals surface area contributed by atoms with E-state index in [4.69, 9.17) is 10.5 Å². The summed E-state index contributed by atoms with van der Waals surface area (Å²) in [5, 5.41) is 2.86. The lowest BCUT2D eigenvalue weighted by Gasteiger charge is -2.17. The van der Waals surface area contributed by atoms with Crippen LogP contribution in [-0.4, -0.2) is 33.4 Å². The lowest BCUT2D eigenvalue weighted by atomic mass is 10.1. The Bertz CT molecular complexity index is 1210. The number of aromatic nitrogens is 3. The van der Waals surface area contributed by atoms with Gasteiger partial charge in [-0.3, -0.25) is 9.59 Å². The van der Waals surface area contributed by atoms with Gasteiger partial charge in [-0.05, 0) is 48.9 Å². The minimum Gasteiger partial charge on any atom is -0.457 e. The van der Waals surface area contributed by atoms with Crippen molar-refractivity contribution < 1.29 is 23.1 Å². The molecule has 1 saturated heterocycles. The summed E-state index contributed by atoms with van der Waals surface area (Å²) >= 11 is 0. The average molecular weight is 454 g/mol. The Morgan fingerprint density at radius 1 is 1.18 bits per heavy atom. The van der Waals surface area contributed by atoms with Gasteiger partial charge in [-0.1, -0.05) is 6.07 Å². The van der Waals surface area contributed by atoms with Crippen LogP contribution in [0.3, 0.4) is 0 Å². The summed E-state index contributed by atoms with van der Waals surface area (Å²) in [5.74, 6) is -2.32. The van der Waals surface area contributed by atoms with Crippen molar-refractivity contribution in [3.8, 4) is 0 Å². The number of amides is 1. The number of carbonyl (C=O) groups excluding carboxylic acids is 2. The predicted octanol–water partition coefficient (Wildman–Crippen LogP) is 2.88. The lowest BCUT2D eigenvalue weighted by Crippen LogP contribution is -2.26. The van der Waals surface area contributed by atoms with Gasteiger partial charge in [0.15, 0.2) is 12.4 Å². The molecule has 0 spiro atoms. The molecule has 0 unspecified atom stereocenters. The molecule has 1 atom stereocenters. The maximum atomic E-state index is 13.9. The highest BCUT2D eigenvalue weighted by Gasteiger charge is 2.36. The van der Waals surface area contributed by atoms with Gasteiger partial charge in [0.05, 0.1) is 5.92 Å². The molecule has 0 aliphatic carbocycles. The largest absolute Gasteiger partial charge is 0.457 e. The molecule has 0 bridgehead atoms. The number of nitrogens with one attached hydrogen (secondary N) is 1. The highest BCUT2D eigenvalue weighted by atomic mass is 19.1. The van der Waals surface area contributed by atoms with E-state index < -0.39 is 17.7 Å². The second-order valence-electron chi connectivity index (χ2n) is 7.51. The smallest absolute Gasteiger partial charge is 0.311 e. The summed E-state index contributed by atoms with van der Waals surface area (Å²) in [6, 6.07) is 10.0. The number of nitrogens with two attached hydrogens (primary N) is 1. The van der Waals surface area contributed by atoms with E-state index in [1.54, 1.807) is 19.1 Å². The number of anilines is 4. The molecule has 1 aromatic heterocycles. The quantitative estimate of drug-likeness (QED) is 0.545. The molecule has 9 nitrogen and oxygen atoms in total. The highest BCUT2D eigenvalue weighted by Crippen LogP contribution is 2.27. The number of benzene rings is 2. The van der Waals surface area contributed by atoms with Crippen molar-refractivity contribution in [1.82, 2.24) is 15.0 Å². The fraction of sp³-hybridized carbons (Fsp3) is 0.227. The van der Waals surface area contributed by atoms with Crippen LogP contribution in [0.5, 0.6) is 0 Å². The van der Waals surface area contributed by atoms with Gasteiger partial charge in [-0.2, -0.15) is 15.0 Å². The van der Waals surface area contributed by atoms with Crippen LogP contribution in [0.4, 0.5) is 32.1 Å². The summed E-state index contributed by atoms with van der Waals surface area (Å²) in [5.41, 5.74) is 7.09. The molecule has 2 heterocycles. The molecule has 0 saturated carbocycles. The lowest BCUT2D eigenvalue weighted by molar-refractivity contribution is -0.149. The maximum Gasteiger partial charge on any atom is 0.311 e. The molecule has 2 aromatic carbocycles. The van der Waals surface area contributed by atoms with E-state index in [1.807, 2.05) is 0 Å². The van der Waals surface area contributed by atoms with E-state index in [-0.39, 0.29) is 49.0 Å². The Kier molecular flexibility index (Phi) is 6.11. The number of rotatable bonds is 6. The maximum absolute atomic E-state index is 13.9. The number of ether oxygens (including phenoxy) is 1. The van der Waals surface area contributed by atoms with Crippen LogP contribution < -0.4 is 16.0 Å². The van der Waals surface area contributed by atoms with Crippen LogP contribution in [0.1, 0.15) is 17.8 Å². The monoisotopic (exact) mass is 454 g/mol. The summed E-state index contributed by atoms with van der Waals surface area (Å²) in [7, 11) is 0. The number of halogens is 2. The van der Waals surface area contributed by atoms with Crippen molar-refractivity contribution in [3.63, 3.8) is 0 Å². The topological polar surface area (TPSA) is 123 Å². The first-order chi connectivity index (χ1) is 15.8. The Hall–Kier alpha value is -4.15. The van der Waals surface area contributed by atoms with Gasteiger partial charge in [0, 0.05) is 24.3 Å². The number of carbonyl (C=O) groups is 2. The van der Waals surface area contributed by atoms with Crippen molar-refractivity contribution in [1.29, 1.82) is 0 Å². The van der Waals surface area contributed by atoms with E-state index in [0.717, 1.165) is 0 Å². The van der Waals surface area contributed by atoms with E-state index >= 15 is 0 Å². The molecule has 1 aliphatic rings.